The van der Waals surface area contributed by atoms with Crippen LogP contribution in [0.15, 0.2) is 47.4 Å². The van der Waals surface area contributed by atoms with Crippen LogP contribution in [0.25, 0.3) is 0 Å². The maximum Gasteiger partial charge on any atom is 0.416 e. The molecule has 1 atom stereocenters. The smallest absolute Gasteiger partial charge is 0.416 e. The third kappa shape index (κ3) is 5.07. The summed E-state index contributed by atoms with van der Waals surface area (Å²) in [6, 6.07) is 7.69. The molecule has 0 amide bonds. The lowest BCUT2D eigenvalue weighted by Crippen LogP contribution is -2.31. The SMILES string of the molecule is O=C(O)COc1ccc2c(c1)CCCC2NS(=O)(=O)c1ccc(C(F)(F)F)cc1. The van der Waals surface area contributed by atoms with Gasteiger partial charge in [0.25, 0.3) is 0 Å². The molecular formula is C19H18F3NO5S. The van der Waals surface area contributed by atoms with E-state index in [0.29, 0.717) is 25.0 Å². The first kappa shape index (κ1) is 21.1. The highest BCUT2D eigenvalue weighted by Gasteiger charge is 2.31. The maximum absolute atomic E-state index is 12.7. The minimum atomic E-state index is -4.54. The zero-order valence-corrected chi connectivity index (χ0v) is 15.9. The molecule has 0 spiro atoms. The highest BCUT2D eigenvalue weighted by molar-refractivity contribution is 7.89. The van der Waals surface area contributed by atoms with Crippen LogP contribution in [0.1, 0.15) is 35.6 Å². The monoisotopic (exact) mass is 429 g/mol. The molecule has 0 radical (unpaired) electrons. The average molecular weight is 429 g/mol. The minimum absolute atomic E-state index is 0.251. The molecule has 1 aliphatic rings. The molecule has 2 N–H and O–H groups in total. The highest BCUT2D eigenvalue weighted by Crippen LogP contribution is 2.34. The summed E-state index contributed by atoms with van der Waals surface area (Å²) in [4.78, 5) is 10.4. The van der Waals surface area contributed by atoms with Crippen LogP contribution in [0.2, 0.25) is 0 Å². The normalized spacial score (nSPS) is 16.9. The number of nitrogens with one attached hydrogen (secondary N) is 1. The van der Waals surface area contributed by atoms with Gasteiger partial charge in [-0.25, -0.2) is 17.9 Å². The van der Waals surface area contributed by atoms with Gasteiger partial charge >= 0.3 is 12.1 Å². The Morgan fingerprint density at radius 2 is 1.86 bits per heavy atom. The zero-order valence-electron chi connectivity index (χ0n) is 15.1. The number of carbonyl (C=O) groups is 1. The van der Waals surface area contributed by atoms with E-state index in [1.54, 1.807) is 18.2 Å². The van der Waals surface area contributed by atoms with Crippen molar-refractivity contribution in [3.63, 3.8) is 0 Å². The van der Waals surface area contributed by atoms with Crippen LogP contribution in [-0.4, -0.2) is 26.1 Å². The van der Waals surface area contributed by atoms with E-state index in [2.05, 4.69) is 4.72 Å². The van der Waals surface area contributed by atoms with Crippen LogP contribution >= 0.6 is 0 Å². The molecule has 6 nitrogen and oxygen atoms in total. The van der Waals surface area contributed by atoms with E-state index >= 15 is 0 Å². The van der Waals surface area contributed by atoms with E-state index in [1.165, 1.54) is 0 Å². The molecule has 1 unspecified atom stereocenters. The van der Waals surface area contributed by atoms with Crippen molar-refractivity contribution >= 4 is 16.0 Å². The quantitative estimate of drug-likeness (QED) is 0.733. The second kappa shape index (κ2) is 8.03. The molecule has 10 heteroatoms. The number of aliphatic carboxylic acids is 1. The third-order valence-corrected chi connectivity index (χ3v) is 6.07. The number of halogens is 3. The highest BCUT2D eigenvalue weighted by atomic mass is 32.2. The average Bonchev–Trinajstić information content (AvgIpc) is 2.65. The number of aryl methyl sites for hydroxylation is 1. The Bertz CT molecular complexity index is 1000. The van der Waals surface area contributed by atoms with E-state index in [1.807, 2.05) is 0 Å². The number of ether oxygens (including phenoxy) is 1. The van der Waals surface area contributed by atoms with Gasteiger partial charge in [0.15, 0.2) is 6.61 Å². The van der Waals surface area contributed by atoms with Gasteiger partial charge < -0.3 is 9.84 Å². The molecular weight excluding hydrogens is 411 g/mol. The molecule has 156 valence electrons. The lowest BCUT2D eigenvalue weighted by Gasteiger charge is -2.26. The van der Waals surface area contributed by atoms with E-state index in [4.69, 9.17) is 9.84 Å². The fourth-order valence-corrected chi connectivity index (χ4v) is 4.48. The van der Waals surface area contributed by atoms with Crippen LogP contribution in [-0.2, 0) is 27.4 Å². The Labute approximate surface area is 165 Å². The molecule has 0 aromatic heterocycles. The van der Waals surface area contributed by atoms with Crippen molar-refractivity contribution in [3.05, 3.63) is 59.2 Å². The van der Waals surface area contributed by atoms with Gasteiger partial charge in [-0.2, -0.15) is 13.2 Å². The molecule has 29 heavy (non-hydrogen) atoms. The summed E-state index contributed by atoms with van der Waals surface area (Å²) >= 11 is 0. The number of rotatable bonds is 6. The second-order valence-corrected chi connectivity index (χ2v) is 8.35. The number of alkyl halides is 3. The number of hydrogen-bond donors (Lipinski definition) is 2. The fraction of sp³-hybridized carbons (Fsp3) is 0.316. The number of carboxylic acids is 1. The van der Waals surface area contributed by atoms with E-state index < -0.39 is 40.4 Å². The van der Waals surface area contributed by atoms with Crippen molar-refractivity contribution < 1.29 is 36.2 Å². The van der Waals surface area contributed by atoms with Crippen LogP contribution < -0.4 is 9.46 Å². The van der Waals surface area contributed by atoms with E-state index in [9.17, 15) is 26.4 Å². The van der Waals surface area contributed by atoms with Crippen molar-refractivity contribution in [1.29, 1.82) is 0 Å². The van der Waals surface area contributed by atoms with Gasteiger partial charge in [-0.3, -0.25) is 0 Å². The van der Waals surface area contributed by atoms with Crippen molar-refractivity contribution in [1.82, 2.24) is 4.72 Å². The van der Waals surface area contributed by atoms with Crippen molar-refractivity contribution in [2.24, 2.45) is 0 Å². The molecule has 0 heterocycles. The van der Waals surface area contributed by atoms with Gasteiger partial charge in [0.05, 0.1) is 10.5 Å². The number of fused-ring (bicyclic) bond motifs is 1. The Morgan fingerprint density at radius 1 is 1.17 bits per heavy atom. The lowest BCUT2D eigenvalue weighted by atomic mass is 9.88. The van der Waals surface area contributed by atoms with Crippen LogP contribution in [0.4, 0.5) is 13.2 Å². The summed E-state index contributed by atoms with van der Waals surface area (Å²) in [5.41, 5.74) is 0.641. The molecule has 0 saturated carbocycles. The summed E-state index contributed by atoms with van der Waals surface area (Å²) < 4.78 is 71.0. The summed E-state index contributed by atoms with van der Waals surface area (Å²) in [5, 5.41) is 8.69. The Morgan fingerprint density at radius 3 is 2.48 bits per heavy atom. The van der Waals surface area contributed by atoms with Crippen molar-refractivity contribution in [2.75, 3.05) is 6.61 Å². The summed E-state index contributed by atoms with van der Waals surface area (Å²) in [5.74, 6) is -0.734. The second-order valence-electron chi connectivity index (χ2n) is 6.63. The third-order valence-electron chi connectivity index (χ3n) is 4.58. The molecule has 0 fully saturated rings. The molecule has 0 saturated heterocycles. The number of sulfonamides is 1. The summed E-state index contributed by atoms with van der Waals surface area (Å²) in [6.45, 7) is -0.483. The van der Waals surface area contributed by atoms with Crippen LogP contribution in [0.3, 0.4) is 0 Å². The lowest BCUT2D eigenvalue weighted by molar-refractivity contribution is -0.139. The van der Waals surface area contributed by atoms with Crippen molar-refractivity contribution in [3.8, 4) is 5.75 Å². The largest absolute Gasteiger partial charge is 0.482 e. The Hall–Kier alpha value is -2.59. The molecule has 1 aliphatic carbocycles. The number of hydrogen-bond acceptors (Lipinski definition) is 4. The topological polar surface area (TPSA) is 92.7 Å². The number of benzene rings is 2. The maximum atomic E-state index is 12.7. The Balaban J connectivity index is 1.79. The van der Waals surface area contributed by atoms with Crippen LogP contribution in [0, 0.1) is 0 Å². The van der Waals surface area contributed by atoms with Gasteiger partial charge in [0.1, 0.15) is 5.75 Å². The number of carboxylic acid groups (broad SMARTS) is 1. The van der Waals surface area contributed by atoms with Gasteiger partial charge in [0, 0.05) is 6.04 Å². The van der Waals surface area contributed by atoms with E-state index in [-0.39, 0.29) is 4.90 Å². The van der Waals surface area contributed by atoms with Gasteiger partial charge in [-0.05, 0) is 66.8 Å². The molecule has 3 rings (SSSR count). The minimum Gasteiger partial charge on any atom is -0.482 e. The summed E-state index contributed by atoms with van der Waals surface area (Å²) in [7, 11) is -4.02. The first-order chi connectivity index (χ1) is 13.6. The Kier molecular flexibility index (Phi) is 5.85. The molecule has 0 bridgehead atoms. The summed E-state index contributed by atoms with van der Waals surface area (Å²) in [6.07, 6.45) is -2.64. The predicted molar refractivity (Wildman–Crippen MR) is 97.0 cm³/mol. The van der Waals surface area contributed by atoms with Gasteiger partial charge in [-0.15, -0.1) is 0 Å². The molecule has 2 aromatic carbocycles. The first-order valence-electron chi connectivity index (χ1n) is 8.73. The van der Waals surface area contributed by atoms with Crippen LogP contribution in [0.5, 0.6) is 5.75 Å². The predicted octanol–water partition coefficient (Wildman–Crippen LogP) is 3.52. The van der Waals surface area contributed by atoms with Crippen molar-refractivity contribution in [2.45, 2.75) is 36.4 Å². The fourth-order valence-electron chi connectivity index (χ4n) is 3.23. The van der Waals surface area contributed by atoms with Gasteiger partial charge in [-0.1, -0.05) is 6.07 Å². The van der Waals surface area contributed by atoms with Gasteiger partial charge in [0.2, 0.25) is 10.0 Å². The zero-order chi connectivity index (χ0) is 21.2. The standard InChI is InChI=1S/C19H18F3NO5S/c20-19(21,22)13-4-7-15(8-5-13)29(26,27)23-17-3-1-2-12-10-14(6-9-16(12)17)28-11-18(24)25/h4-10,17,23H,1-3,11H2,(H,24,25). The molecule has 2 aromatic rings. The first-order valence-corrected chi connectivity index (χ1v) is 10.2. The van der Waals surface area contributed by atoms with E-state index in [0.717, 1.165) is 35.4 Å². The molecule has 0 aliphatic heterocycles.